The molecule has 1 saturated heterocycles. The molecule has 26 heavy (non-hydrogen) atoms. The van der Waals surface area contributed by atoms with E-state index in [0.717, 1.165) is 25.9 Å². The summed E-state index contributed by atoms with van der Waals surface area (Å²) >= 11 is 0. The van der Waals surface area contributed by atoms with Gasteiger partial charge in [0.15, 0.2) is 0 Å². The van der Waals surface area contributed by atoms with Crippen molar-refractivity contribution in [2.75, 3.05) is 18.4 Å². The number of carbonyl (C=O) groups excluding carboxylic acids is 3. The number of para-hydroxylation sites is 1. The summed E-state index contributed by atoms with van der Waals surface area (Å²) in [5.41, 5.74) is 0.243. The van der Waals surface area contributed by atoms with E-state index in [4.69, 9.17) is 0 Å². The van der Waals surface area contributed by atoms with Crippen LogP contribution in [0.5, 0.6) is 0 Å². The molecule has 1 aliphatic heterocycles. The van der Waals surface area contributed by atoms with Gasteiger partial charge < -0.3 is 15.5 Å². The molecule has 1 aliphatic rings. The lowest BCUT2D eigenvalue weighted by Gasteiger charge is -2.24. The molecular weight excluding hydrogens is 330 g/mol. The van der Waals surface area contributed by atoms with Crippen LogP contribution >= 0.6 is 0 Å². The number of nitrogens with zero attached hydrogens (tertiary/aromatic N) is 1. The van der Waals surface area contributed by atoms with Crippen LogP contribution in [0.25, 0.3) is 0 Å². The van der Waals surface area contributed by atoms with Gasteiger partial charge in [0.2, 0.25) is 11.8 Å². The number of rotatable bonds is 5. The molecule has 1 aromatic carbocycles. The number of hydrogen-bond donors (Lipinski definition) is 2. The molecule has 1 heterocycles. The number of carbonyl (C=O) groups is 3. The Morgan fingerprint density at radius 3 is 2.31 bits per heavy atom. The second-order valence-corrected chi connectivity index (χ2v) is 7.72. The van der Waals surface area contributed by atoms with Gasteiger partial charge in [0.25, 0.3) is 5.91 Å². The molecule has 1 atom stereocenters. The monoisotopic (exact) mass is 359 g/mol. The summed E-state index contributed by atoms with van der Waals surface area (Å²) in [4.78, 5) is 39.4. The highest BCUT2D eigenvalue weighted by Crippen LogP contribution is 2.21. The van der Waals surface area contributed by atoms with Gasteiger partial charge in [0.1, 0.15) is 6.04 Å². The zero-order valence-electron chi connectivity index (χ0n) is 16.1. The van der Waals surface area contributed by atoms with Crippen molar-refractivity contribution in [2.45, 2.75) is 53.0 Å². The van der Waals surface area contributed by atoms with Gasteiger partial charge in [-0.1, -0.05) is 39.8 Å². The average molecular weight is 359 g/mol. The maximum absolute atomic E-state index is 12.8. The maximum Gasteiger partial charge on any atom is 0.254 e. The summed E-state index contributed by atoms with van der Waals surface area (Å²) in [5, 5.41) is 5.64. The number of anilines is 1. The van der Waals surface area contributed by atoms with E-state index >= 15 is 0 Å². The predicted octanol–water partition coefficient (Wildman–Crippen LogP) is 2.80. The van der Waals surface area contributed by atoms with Gasteiger partial charge >= 0.3 is 0 Å². The largest absolute Gasteiger partial charge is 0.341 e. The fraction of sp³-hybridized carbons (Fsp3) is 0.550. The second kappa shape index (κ2) is 8.34. The number of benzene rings is 1. The summed E-state index contributed by atoms with van der Waals surface area (Å²) in [6.07, 6.45) is 2.55. The fourth-order valence-corrected chi connectivity index (χ4v) is 2.83. The van der Waals surface area contributed by atoms with Crippen LogP contribution in [0, 0.1) is 5.41 Å². The molecule has 0 radical (unpaired) electrons. The van der Waals surface area contributed by atoms with E-state index in [1.807, 2.05) is 32.6 Å². The van der Waals surface area contributed by atoms with Crippen LogP contribution in [-0.4, -0.2) is 41.8 Å². The van der Waals surface area contributed by atoms with Crippen molar-refractivity contribution in [3.8, 4) is 0 Å². The Bertz CT molecular complexity index is 673. The van der Waals surface area contributed by atoms with Gasteiger partial charge in [-0.25, -0.2) is 0 Å². The van der Waals surface area contributed by atoms with Crippen molar-refractivity contribution < 1.29 is 14.4 Å². The minimum Gasteiger partial charge on any atom is -0.341 e. The smallest absolute Gasteiger partial charge is 0.254 e. The van der Waals surface area contributed by atoms with Gasteiger partial charge in [0.05, 0.1) is 11.3 Å². The Kier molecular flexibility index (Phi) is 6.40. The van der Waals surface area contributed by atoms with E-state index < -0.39 is 11.5 Å². The van der Waals surface area contributed by atoms with Crippen molar-refractivity contribution in [2.24, 2.45) is 5.41 Å². The summed E-state index contributed by atoms with van der Waals surface area (Å²) in [6.45, 7) is 8.83. The first-order valence-electron chi connectivity index (χ1n) is 9.24. The Morgan fingerprint density at radius 1 is 1.12 bits per heavy atom. The Hall–Kier alpha value is -2.37. The van der Waals surface area contributed by atoms with E-state index in [0.29, 0.717) is 17.7 Å². The van der Waals surface area contributed by atoms with E-state index in [1.54, 1.807) is 24.3 Å². The molecule has 6 heteroatoms. The molecule has 0 bridgehead atoms. The van der Waals surface area contributed by atoms with Crippen LogP contribution in [-0.2, 0) is 9.59 Å². The zero-order chi connectivity index (χ0) is 19.3. The molecule has 2 N–H and O–H groups in total. The van der Waals surface area contributed by atoms with Crippen molar-refractivity contribution in [1.82, 2.24) is 10.2 Å². The summed E-state index contributed by atoms with van der Waals surface area (Å²) in [7, 11) is 0. The Balaban J connectivity index is 2.13. The third-order valence-corrected chi connectivity index (χ3v) is 4.53. The fourth-order valence-electron chi connectivity index (χ4n) is 2.83. The van der Waals surface area contributed by atoms with E-state index in [1.165, 1.54) is 0 Å². The van der Waals surface area contributed by atoms with Gasteiger partial charge in [0, 0.05) is 18.5 Å². The van der Waals surface area contributed by atoms with Crippen LogP contribution in [0.15, 0.2) is 24.3 Å². The summed E-state index contributed by atoms with van der Waals surface area (Å²) < 4.78 is 0. The number of hydrogen-bond acceptors (Lipinski definition) is 3. The SMILES string of the molecule is CC[C@H](NC(=O)c1ccccc1NC(=O)C(C)(C)C)C(=O)N1CCCC1. The maximum atomic E-state index is 12.8. The molecule has 1 aromatic rings. The number of nitrogens with one attached hydrogen (secondary N) is 2. The Morgan fingerprint density at radius 2 is 1.73 bits per heavy atom. The van der Waals surface area contributed by atoms with Crippen molar-refractivity contribution in [1.29, 1.82) is 0 Å². The molecule has 6 nitrogen and oxygen atoms in total. The van der Waals surface area contributed by atoms with Crippen molar-refractivity contribution in [3.63, 3.8) is 0 Å². The van der Waals surface area contributed by atoms with Crippen LogP contribution < -0.4 is 10.6 Å². The minimum absolute atomic E-state index is 0.0328. The average Bonchev–Trinajstić information content (AvgIpc) is 3.13. The first-order chi connectivity index (χ1) is 12.2. The van der Waals surface area contributed by atoms with Gasteiger partial charge in [-0.15, -0.1) is 0 Å². The lowest BCUT2D eigenvalue weighted by atomic mass is 9.95. The molecule has 0 spiro atoms. The quantitative estimate of drug-likeness (QED) is 0.848. The highest BCUT2D eigenvalue weighted by Gasteiger charge is 2.28. The zero-order valence-corrected chi connectivity index (χ0v) is 16.1. The number of amides is 3. The molecule has 142 valence electrons. The number of likely N-dealkylation sites (tertiary alicyclic amines) is 1. The topological polar surface area (TPSA) is 78.5 Å². The van der Waals surface area contributed by atoms with E-state index in [2.05, 4.69) is 10.6 Å². The highest BCUT2D eigenvalue weighted by atomic mass is 16.2. The van der Waals surface area contributed by atoms with Crippen LogP contribution in [0.1, 0.15) is 57.3 Å². The predicted molar refractivity (Wildman–Crippen MR) is 102 cm³/mol. The van der Waals surface area contributed by atoms with Crippen LogP contribution in [0.4, 0.5) is 5.69 Å². The van der Waals surface area contributed by atoms with Gasteiger partial charge in [-0.2, -0.15) is 0 Å². The van der Waals surface area contributed by atoms with E-state index in [-0.39, 0.29) is 17.7 Å². The third-order valence-electron chi connectivity index (χ3n) is 4.53. The Labute approximate surface area is 155 Å². The molecule has 1 fully saturated rings. The van der Waals surface area contributed by atoms with Gasteiger partial charge in [-0.3, -0.25) is 14.4 Å². The molecule has 0 unspecified atom stereocenters. The third kappa shape index (κ3) is 4.84. The van der Waals surface area contributed by atoms with Crippen molar-refractivity contribution in [3.05, 3.63) is 29.8 Å². The lowest BCUT2D eigenvalue weighted by molar-refractivity contribution is -0.132. The molecule has 0 aromatic heterocycles. The highest BCUT2D eigenvalue weighted by molar-refractivity contribution is 6.05. The van der Waals surface area contributed by atoms with Crippen molar-refractivity contribution >= 4 is 23.4 Å². The van der Waals surface area contributed by atoms with Gasteiger partial charge in [-0.05, 0) is 31.4 Å². The molecule has 3 amide bonds. The molecular formula is C20H29N3O3. The van der Waals surface area contributed by atoms with Crippen LogP contribution in [0.2, 0.25) is 0 Å². The molecule has 0 saturated carbocycles. The standard InChI is InChI=1S/C20H29N3O3/c1-5-15(18(25)23-12-8-9-13-23)21-17(24)14-10-6-7-11-16(14)22-19(26)20(2,3)4/h6-7,10-11,15H,5,8-9,12-13H2,1-4H3,(H,21,24)(H,22,26)/t15-/m0/s1. The van der Waals surface area contributed by atoms with E-state index in [9.17, 15) is 14.4 Å². The summed E-state index contributed by atoms with van der Waals surface area (Å²) in [6, 6.07) is 6.31. The lowest BCUT2D eigenvalue weighted by Crippen LogP contribution is -2.47. The summed E-state index contributed by atoms with van der Waals surface area (Å²) in [5.74, 6) is -0.554. The normalized spacial score (nSPS) is 15.5. The molecule has 2 rings (SSSR count). The first kappa shape index (κ1) is 19.9. The molecule has 0 aliphatic carbocycles. The second-order valence-electron chi connectivity index (χ2n) is 7.72. The first-order valence-corrected chi connectivity index (χ1v) is 9.24. The minimum atomic E-state index is -0.568. The van der Waals surface area contributed by atoms with Crippen LogP contribution in [0.3, 0.4) is 0 Å².